The predicted molar refractivity (Wildman–Crippen MR) is 79.8 cm³/mol. The average molecular weight is 283 g/mol. The summed E-state index contributed by atoms with van der Waals surface area (Å²) in [6.07, 6.45) is 0.151. The van der Waals surface area contributed by atoms with Crippen molar-refractivity contribution in [3.63, 3.8) is 0 Å². The first-order valence-electron chi connectivity index (χ1n) is 6.67. The van der Waals surface area contributed by atoms with Gasteiger partial charge in [-0.3, -0.25) is 4.79 Å². The van der Waals surface area contributed by atoms with Gasteiger partial charge in [-0.25, -0.2) is 4.79 Å². The van der Waals surface area contributed by atoms with E-state index >= 15 is 0 Å². The lowest BCUT2D eigenvalue weighted by Gasteiger charge is -2.08. The number of ether oxygens (including phenoxy) is 1. The quantitative estimate of drug-likeness (QED) is 0.857. The Morgan fingerprint density at radius 2 is 1.67 bits per heavy atom. The molecule has 0 fully saturated rings. The molecule has 1 N–H and O–H groups in total. The molecular formula is C17H17NO3. The summed E-state index contributed by atoms with van der Waals surface area (Å²) in [5.41, 5.74) is 2.12. The zero-order valence-electron chi connectivity index (χ0n) is 11.8. The minimum Gasteiger partial charge on any atom is -0.465 e. The number of carbonyl (C=O) groups excluding carboxylic acids is 2. The van der Waals surface area contributed by atoms with Crippen molar-refractivity contribution in [3.8, 4) is 0 Å². The maximum absolute atomic E-state index is 12.0. The van der Waals surface area contributed by atoms with Gasteiger partial charge in [-0.1, -0.05) is 48.5 Å². The molecule has 0 radical (unpaired) electrons. The van der Waals surface area contributed by atoms with Gasteiger partial charge in [-0.15, -0.1) is 0 Å². The first kappa shape index (κ1) is 14.8. The molecule has 0 bridgehead atoms. The third kappa shape index (κ3) is 4.18. The fourth-order valence-corrected chi connectivity index (χ4v) is 2.02. The van der Waals surface area contributed by atoms with Crippen LogP contribution >= 0.6 is 0 Å². The number of amides is 1. The Hall–Kier alpha value is -2.62. The van der Waals surface area contributed by atoms with Gasteiger partial charge in [0.15, 0.2) is 0 Å². The van der Waals surface area contributed by atoms with Crippen LogP contribution in [0.2, 0.25) is 0 Å². The van der Waals surface area contributed by atoms with Gasteiger partial charge < -0.3 is 10.1 Å². The van der Waals surface area contributed by atoms with E-state index in [9.17, 15) is 9.59 Å². The van der Waals surface area contributed by atoms with Crippen molar-refractivity contribution in [1.29, 1.82) is 0 Å². The largest absolute Gasteiger partial charge is 0.465 e. The number of carbonyl (C=O) groups is 2. The molecule has 0 aliphatic heterocycles. The maximum Gasteiger partial charge on any atom is 0.338 e. The molecule has 2 rings (SSSR count). The zero-order chi connectivity index (χ0) is 15.1. The molecule has 0 unspecified atom stereocenters. The van der Waals surface area contributed by atoms with Gasteiger partial charge in [0.1, 0.15) is 0 Å². The molecule has 2 aromatic rings. The van der Waals surface area contributed by atoms with Crippen molar-refractivity contribution in [2.24, 2.45) is 0 Å². The van der Waals surface area contributed by atoms with E-state index in [2.05, 4.69) is 5.32 Å². The van der Waals surface area contributed by atoms with E-state index in [1.165, 1.54) is 7.11 Å². The van der Waals surface area contributed by atoms with Crippen LogP contribution in [-0.2, 0) is 22.5 Å². The SMILES string of the molecule is COC(=O)c1ccccc1CC(=O)NCc1ccccc1. The van der Waals surface area contributed by atoms with E-state index < -0.39 is 5.97 Å². The molecule has 4 heteroatoms. The number of esters is 1. The van der Waals surface area contributed by atoms with Crippen LogP contribution in [0, 0.1) is 0 Å². The van der Waals surface area contributed by atoms with E-state index in [4.69, 9.17) is 4.74 Å². The van der Waals surface area contributed by atoms with Crippen LogP contribution in [0.5, 0.6) is 0 Å². The highest BCUT2D eigenvalue weighted by Crippen LogP contribution is 2.11. The van der Waals surface area contributed by atoms with Crippen LogP contribution in [0.1, 0.15) is 21.5 Å². The number of nitrogens with one attached hydrogen (secondary N) is 1. The van der Waals surface area contributed by atoms with E-state index in [-0.39, 0.29) is 12.3 Å². The molecule has 21 heavy (non-hydrogen) atoms. The van der Waals surface area contributed by atoms with Gasteiger partial charge in [0, 0.05) is 6.54 Å². The molecular weight excluding hydrogens is 266 g/mol. The van der Waals surface area contributed by atoms with Gasteiger partial charge in [0.2, 0.25) is 5.91 Å². The van der Waals surface area contributed by atoms with Crippen LogP contribution in [0.25, 0.3) is 0 Å². The Morgan fingerprint density at radius 3 is 2.38 bits per heavy atom. The molecule has 1 amide bonds. The van der Waals surface area contributed by atoms with Crippen molar-refractivity contribution < 1.29 is 14.3 Å². The van der Waals surface area contributed by atoms with Crippen molar-refractivity contribution in [2.75, 3.05) is 7.11 Å². The molecule has 0 heterocycles. The maximum atomic E-state index is 12.0. The summed E-state index contributed by atoms with van der Waals surface area (Å²) in [6, 6.07) is 16.6. The molecule has 0 saturated heterocycles. The number of hydrogen-bond donors (Lipinski definition) is 1. The summed E-state index contributed by atoms with van der Waals surface area (Å²) in [7, 11) is 1.33. The highest BCUT2D eigenvalue weighted by atomic mass is 16.5. The first-order valence-corrected chi connectivity index (χ1v) is 6.67. The lowest BCUT2D eigenvalue weighted by molar-refractivity contribution is -0.120. The Labute approximate surface area is 123 Å². The topological polar surface area (TPSA) is 55.4 Å². The van der Waals surface area contributed by atoms with Gasteiger partial charge >= 0.3 is 5.97 Å². The fourth-order valence-electron chi connectivity index (χ4n) is 2.02. The van der Waals surface area contributed by atoms with Gasteiger partial charge in [-0.2, -0.15) is 0 Å². The number of methoxy groups -OCH3 is 1. The summed E-state index contributed by atoms with van der Waals surface area (Å²) >= 11 is 0. The summed E-state index contributed by atoms with van der Waals surface area (Å²) in [4.78, 5) is 23.6. The molecule has 0 saturated carbocycles. The second kappa shape index (κ2) is 7.24. The van der Waals surface area contributed by atoms with E-state index in [1.54, 1.807) is 24.3 Å². The second-order valence-electron chi connectivity index (χ2n) is 4.59. The van der Waals surface area contributed by atoms with Crippen LogP contribution in [0.15, 0.2) is 54.6 Å². The van der Waals surface area contributed by atoms with Crippen LogP contribution in [0.3, 0.4) is 0 Å². The van der Waals surface area contributed by atoms with Gasteiger partial charge in [0.05, 0.1) is 19.1 Å². The molecule has 2 aromatic carbocycles. The van der Waals surface area contributed by atoms with Gasteiger partial charge in [-0.05, 0) is 17.2 Å². The molecule has 108 valence electrons. The highest BCUT2D eigenvalue weighted by molar-refractivity contribution is 5.93. The Bertz CT molecular complexity index is 623. The molecule has 0 atom stereocenters. The molecule has 0 aromatic heterocycles. The van der Waals surface area contributed by atoms with E-state index in [1.807, 2.05) is 30.3 Å². The molecule has 0 spiro atoms. The van der Waals surface area contributed by atoms with Crippen molar-refractivity contribution in [3.05, 3.63) is 71.3 Å². The van der Waals surface area contributed by atoms with E-state index in [0.29, 0.717) is 17.7 Å². The zero-order valence-corrected chi connectivity index (χ0v) is 11.8. The van der Waals surface area contributed by atoms with E-state index in [0.717, 1.165) is 5.56 Å². The number of hydrogen-bond acceptors (Lipinski definition) is 3. The normalized spacial score (nSPS) is 9.95. The van der Waals surface area contributed by atoms with Gasteiger partial charge in [0.25, 0.3) is 0 Å². The van der Waals surface area contributed by atoms with Crippen molar-refractivity contribution >= 4 is 11.9 Å². The molecule has 0 aliphatic carbocycles. The lowest BCUT2D eigenvalue weighted by Crippen LogP contribution is -2.25. The first-order chi connectivity index (χ1) is 10.2. The Morgan fingerprint density at radius 1 is 1.00 bits per heavy atom. The predicted octanol–water partition coefficient (Wildman–Crippen LogP) is 2.33. The Balaban J connectivity index is 1.98. The average Bonchev–Trinajstić information content (AvgIpc) is 2.54. The molecule has 4 nitrogen and oxygen atoms in total. The molecule has 0 aliphatic rings. The lowest BCUT2D eigenvalue weighted by atomic mass is 10.0. The third-order valence-corrected chi connectivity index (χ3v) is 3.11. The minimum atomic E-state index is -0.429. The van der Waals surface area contributed by atoms with Crippen molar-refractivity contribution in [1.82, 2.24) is 5.32 Å². The van der Waals surface area contributed by atoms with Crippen LogP contribution < -0.4 is 5.32 Å². The smallest absolute Gasteiger partial charge is 0.338 e. The van der Waals surface area contributed by atoms with Crippen LogP contribution in [-0.4, -0.2) is 19.0 Å². The summed E-state index contributed by atoms with van der Waals surface area (Å²) in [5.74, 6) is -0.559. The number of benzene rings is 2. The fraction of sp³-hybridized carbons (Fsp3) is 0.176. The summed E-state index contributed by atoms with van der Waals surface area (Å²) in [5, 5.41) is 2.84. The van der Waals surface area contributed by atoms with Crippen LogP contribution in [0.4, 0.5) is 0 Å². The minimum absolute atomic E-state index is 0.129. The standard InChI is InChI=1S/C17H17NO3/c1-21-17(20)15-10-6-5-9-14(15)11-16(19)18-12-13-7-3-2-4-8-13/h2-10H,11-12H2,1H3,(H,18,19). The third-order valence-electron chi connectivity index (χ3n) is 3.11. The Kier molecular flexibility index (Phi) is 5.10. The van der Waals surface area contributed by atoms with Crippen molar-refractivity contribution in [2.45, 2.75) is 13.0 Å². The monoisotopic (exact) mass is 283 g/mol. The second-order valence-corrected chi connectivity index (χ2v) is 4.59. The summed E-state index contributed by atoms with van der Waals surface area (Å²) < 4.78 is 4.72. The summed E-state index contributed by atoms with van der Waals surface area (Å²) in [6.45, 7) is 0.472. The number of rotatable bonds is 5. The highest BCUT2D eigenvalue weighted by Gasteiger charge is 2.13.